The van der Waals surface area contributed by atoms with E-state index in [1.807, 2.05) is 0 Å². The summed E-state index contributed by atoms with van der Waals surface area (Å²) in [6, 6.07) is 6.49. The Labute approximate surface area is 116 Å². The lowest BCUT2D eigenvalue weighted by atomic mass is 10.0. The molecule has 1 unspecified atom stereocenters. The maximum absolute atomic E-state index is 5.48. The molecule has 106 valence electrons. The zero-order valence-corrected chi connectivity index (χ0v) is 12.4. The van der Waals surface area contributed by atoms with Crippen LogP contribution in [0, 0.1) is 5.92 Å². The number of nitrogens with one attached hydrogen (secondary N) is 1. The molecule has 0 radical (unpaired) electrons. The molecule has 0 amide bonds. The van der Waals surface area contributed by atoms with Gasteiger partial charge in [-0.25, -0.2) is 0 Å². The van der Waals surface area contributed by atoms with E-state index >= 15 is 0 Å². The van der Waals surface area contributed by atoms with Crippen LogP contribution in [0.25, 0.3) is 0 Å². The first-order valence-corrected chi connectivity index (χ1v) is 7.33. The van der Waals surface area contributed by atoms with Crippen molar-refractivity contribution in [3.05, 3.63) is 23.8 Å². The van der Waals surface area contributed by atoms with Gasteiger partial charge in [0.05, 0.1) is 12.8 Å². The van der Waals surface area contributed by atoms with Gasteiger partial charge in [0.15, 0.2) is 0 Å². The average molecular weight is 262 g/mol. The van der Waals surface area contributed by atoms with Crippen molar-refractivity contribution in [3.63, 3.8) is 0 Å². The smallest absolute Gasteiger partial charge is 0.142 e. The molecule has 1 fully saturated rings. The van der Waals surface area contributed by atoms with Crippen molar-refractivity contribution in [2.24, 2.45) is 5.92 Å². The first-order chi connectivity index (χ1) is 9.24. The highest BCUT2D eigenvalue weighted by molar-refractivity contribution is 5.59. The highest BCUT2D eigenvalue weighted by atomic mass is 16.5. The minimum atomic E-state index is 0.836. The van der Waals surface area contributed by atoms with Crippen LogP contribution in [-0.2, 0) is 6.42 Å². The van der Waals surface area contributed by atoms with Crippen molar-refractivity contribution in [1.29, 1.82) is 0 Å². The zero-order chi connectivity index (χ0) is 13.7. The predicted molar refractivity (Wildman–Crippen MR) is 81.2 cm³/mol. The van der Waals surface area contributed by atoms with Crippen LogP contribution in [0.5, 0.6) is 5.75 Å². The Morgan fingerprint density at radius 3 is 2.89 bits per heavy atom. The van der Waals surface area contributed by atoms with Crippen molar-refractivity contribution < 1.29 is 4.74 Å². The number of ether oxygens (including phenoxy) is 1. The van der Waals surface area contributed by atoms with Gasteiger partial charge < -0.3 is 15.0 Å². The number of benzene rings is 1. The summed E-state index contributed by atoms with van der Waals surface area (Å²) < 4.78 is 5.48. The van der Waals surface area contributed by atoms with E-state index in [0.29, 0.717) is 0 Å². The van der Waals surface area contributed by atoms with E-state index < -0.39 is 0 Å². The second-order valence-corrected chi connectivity index (χ2v) is 5.43. The van der Waals surface area contributed by atoms with Gasteiger partial charge in [0.2, 0.25) is 0 Å². The summed E-state index contributed by atoms with van der Waals surface area (Å²) in [4.78, 5) is 2.33. The molecule has 3 heteroatoms. The Bertz CT molecular complexity index is 400. The number of aryl methyl sites for hydroxylation is 1. The van der Waals surface area contributed by atoms with Crippen LogP contribution >= 0.6 is 0 Å². The molecular weight excluding hydrogens is 236 g/mol. The van der Waals surface area contributed by atoms with Crippen molar-refractivity contribution >= 4 is 5.69 Å². The van der Waals surface area contributed by atoms with E-state index in [1.165, 1.54) is 37.2 Å². The highest BCUT2D eigenvalue weighted by Gasteiger charge is 2.16. The molecule has 1 aromatic carbocycles. The Balaban J connectivity index is 2.01. The fourth-order valence-corrected chi connectivity index (χ4v) is 2.71. The van der Waals surface area contributed by atoms with E-state index in [2.05, 4.69) is 42.4 Å². The summed E-state index contributed by atoms with van der Waals surface area (Å²) in [7, 11) is 3.92. The summed E-state index contributed by atoms with van der Waals surface area (Å²) in [5.74, 6) is 1.81. The largest absolute Gasteiger partial charge is 0.495 e. The van der Waals surface area contributed by atoms with Crippen LogP contribution in [0.1, 0.15) is 25.3 Å². The van der Waals surface area contributed by atoms with Gasteiger partial charge in [-0.3, -0.25) is 0 Å². The lowest BCUT2D eigenvalue weighted by molar-refractivity contribution is 0.414. The van der Waals surface area contributed by atoms with Crippen molar-refractivity contribution in [1.82, 2.24) is 5.32 Å². The third-order valence-corrected chi connectivity index (χ3v) is 4.10. The van der Waals surface area contributed by atoms with E-state index in [1.54, 1.807) is 7.11 Å². The lowest BCUT2D eigenvalue weighted by Gasteiger charge is -2.23. The second-order valence-electron chi connectivity index (χ2n) is 5.43. The van der Waals surface area contributed by atoms with Gasteiger partial charge in [-0.15, -0.1) is 0 Å². The second kappa shape index (κ2) is 6.80. The Kier molecular flexibility index (Phi) is 5.08. The zero-order valence-electron chi connectivity index (χ0n) is 12.4. The van der Waals surface area contributed by atoms with Gasteiger partial charge in [0, 0.05) is 13.6 Å². The molecule has 0 spiro atoms. The first kappa shape index (κ1) is 14.2. The van der Waals surface area contributed by atoms with E-state index in [9.17, 15) is 0 Å². The quantitative estimate of drug-likeness (QED) is 0.853. The van der Waals surface area contributed by atoms with Gasteiger partial charge >= 0.3 is 0 Å². The third kappa shape index (κ3) is 3.63. The van der Waals surface area contributed by atoms with E-state index in [-0.39, 0.29) is 0 Å². The fraction of sp³-hybridized carbons (Fsp3) is 0.625. The Hall–Kier alpha value is -1.22. The highest BCUT2D eigenvalue weighted by Crippen LogP contribution is 2.29. The van der Waals surface area contributed by atoms with Crippen LogP contribution in [0.2, 0.25) is 0 Å². The predicted octanol–water partition coefficient (Wildman–Crippen LogP) is 2.69. The molecule has 0 aliphatic carbocycles. The van der Waals surface area contributed by atoms with Gasteiger partial charge in [0.25, 0.3) is 0 Å². The van der Waals surface area contributed by atoms with Crippen LogP contribution in [0.3, 0.4) is 0 Å². The van der Waals surface area contributed by atoms with E-state index in [4.69, 9.17) is 4.74 Å². The number of rotatable bonds is 6. The first-order valence-electron chi connectivity index (χ1n) is 7.33. The average Bonchev–Trinajstić information content (AvgIpc) is 2.97. The van der Waals surface area contributed by atoms with Gasteiger partial charge in [-0.1, -0.05) is 13.0 Å². The Morgan fingerprint density at radius 2 is 2.26 bits per heavy atom. The summed E-state index contributed by atoms with van der Waals surface area (Å²) in [5.41, 5.74) is 2.58. The van der Waals surface area contributed by atoms with Gasteiger partial charge in [0.1, 0.15) is 5.75 Å². The fourth-order valence-electron chi connectivity index (χ4n) is 2.71. The molecule has 0 aromatic heterocycles. The van der Waals surface area contributed by atoms with Crippen molar-refractivity contribution in [2.45, 2.75) is 26.2 Å². The number of hydrogen-bond donors (Lipinski definition) is 1. The number of methoxy groups -OCH3 is 1. The molecule has 1 aliphatic heterocycles. The molecule has 1 heterocycles. The normalized spacial score (nSPS) is 18.6. The summed E-state index contributed by atoms with van der Waals surface area (Å²) in [5, 5.41) is 3.43. The molecule has 2 rings (SSSR count). The molecule has 0 saturated carbocycles. The molecular formula is C16H26N2O. The lowest BCUT2D eigenvalue weighted by Crippen LogP contribution is -2.22. The van der Waals surface area contributed by atoms with Gasteiger partial charge in [-0.2, -0.15) is 0 Å². The molecule has 19 heavy (non-hydrogen) atoms. The number of hydrogen-bond acceptors (Lipinski definition) is 3. The molecule has 0 bridgehead atoms. The third-order valence-electron chi connectivity index (χ3n) is 4.10. The molecule has 1 aliphatic rings. The summed E-state index contributed by atoms with van der Waals surface area (Å²) in [6.45, 7) is 5.65. The van der Waals surface area contributed by atoms with Crippen LogP contribution < -0.4 is 15.0 Å². The van der Waals surface area contributed by atoms with Crippen molar-refractivity contribution in [2.75, 3.05) is 38.7 Å². The number of anilines is 1. The van der Waals surface area contributed by atoms with E-state index in [0.717, 1.165) is 24.6 Å². The minimum Gasteiger partial charge on any atom is -0.495 e. The SMILES string of the molecule is CCc1ccc(OC)c(N(C)CCC2CCNC2)c1. The van der Waals surface area contributed by atoms with Crippen LogP contribution in [-0.4, -0.2) is 33.8 Å². The maximum Gasteiger partial charge on any atom is 0.142 e. The summed E-state index contributed by atoms with van der Waals surface area (Å²) in [6.07, 6.45) is 3.64. The minimum absolute atomic E-state index is 0.836. The number of nitrogens with zero attached hydrogens (tertiary/aromatic N) is 1. The van der Waals surface area contributed by atoms with Crippen LogP contribution in [0.4, 0.5) is 5.69 Å². The monoisotopic (exact) mass is 262 g/mol. The molecule has 1 saturated heterocycles. The Morgan fingerprint density at radius 1 is 1.42 bits per heavy atom. The molecule has 3 nitrogen and oxygen atoms in total. The topological polar surface area (TPSA) is 24.5 Å². The molecule has 1 aromatic rings. The van der Waals surface area contributed by atoms with Gasteiger partial charge in [-0.05, 0) is 56.0 Å². The summed E-state index contributed by atoms with van der Waals surface area (Å²) >= 11 is 0. The molecule has 1 N–H and O–H groups in total. The van der Waals surface area contributed by atoms with Crippen molar-refractivity contribution in [3.8, 4) is 5.75 Å². The maximum atomic E-state index is 5.48. The molecule has 1 atom stereocenters. The standard InChI is InChI=1S/C16H26N2O/c1-4-13-5-6-16(19-3)15(11-13)18(2)10-8-14-7-9-17-12-14/h5-6,11,14,17H,4,7-10,12H2,1-3H3. The van der Waals surface area contributed by atoms with Crippen LogP contribution in [0.15, 0.2) is 18.2 Å².